The van der Waals surface area contributed by atoms with Crippen LogP contribution in [0.4, 0.5) is 0 Å². The number of carbonyl (C=O) groups is 1. The van der Waals surface area contributed by atoms with Crippen molar-refractivity contribution in [1.82, 2.24) is 25.4 Å². The Kier molecular flexibility index (Phi) is 7.41. The number of amides is 1. The summed E-state index contributed by atoms with van der Waals surface area (Å²) in [5.74, 6) is 0.396. The number of carbonyl (C=O) groups excluding carboxylic acids is 1. The summed E-state index contributed by atoms with van der Waals surface area (Å²) in [6.45, 7) is 6.89. The van der Waals surface area contributed by atoms with E-state index in [9.17, 15) is 4.79 Å². The summed E-state index contributed by atoms with van der Waals surface area (Å²) in [4.78, 5) is 21.7. The van der Waals surface area contributed by atoms with Crippen molar-refractivity contribution in [2.75, 3.05) is 46.3 Å². The lowest BCUT2D eigenvalue weighted by molar-refractivity contribution is -0.127. The molecule has 1 amide bonds. The standard InChI is InChI=1S/C20H33N5O/c1-21-9-10-23-20(26)18-5-3-11-25(16-18)19-6-12-24(13-7-19)15-17-4-2-8-22-14-17/h2,4,8,14,18-19,21H,3,5-7,9-13,15-16H2,1H3,(H,23,26). The van der Waals surface area contributed by atoms with Crippen molar-refractivity contribution in [3.8, 4) is 0 Å². The number of hydrogen-bond acceptors (Lipinski definition) is 5. The predicted octanol–water partition coefficient (Wildman–Crippen LogP) is 1.09. The molecule has 0 aromatic carbocycles. The molecule has 26 heavy (non-hydrogen) atoms. The summed E-state index contributed by atoms with van der Waals surface area (Å²) in [7, 11) is 1.91. The molecule has 3 rings (SSSR count). The lowest BCUT2D eigenvalue weighted by atomic mass is 9.93. The van der Waals surface area contributed by atoms with Crippen LogP contribution in [0.15, 0.2) is 24.5 Å². The molecular weight excluding hydrogens is 326 g/mol. The molecule has 6 nitrogen and oxygen atoms in total. The van der Waals surface area contributed by atoms with Gasteiger partial charge in [-0.15, -0.1) is 0 Å². The third-order valence-corrected chi connectivity index (χ3v) is 5.70. The third-order valence-electron chi connectivity index (χ3n) is 5.70. The molecule has 1 atom stereocenters. The minimum atomic E-state index is 0.161. The first-order valence-corrected chi connectivity index (χ1v) is 10.0. The van der Waals surface area contributed by atoms with Crippen LogP contribution in [0, 0.1) is 5.92 Å². The van der Waals surface area contributed by atoms with Gasteiger partial charge in [0.05, 0.1) is 5.92 Å². The van der Waals surface area contributed by atoms with Gasteiger partial charge in [0.1, 0.15) is 0 Å². The lowest BCUT2D eigenvalue weighted by Gasteiger charge is -2.42. The molecule has 2 N–H and O–H groups in total. The second-order valence-corrected chi connectivity index (χ2v) is 7.60. The van der Waals surface area contributed by atoms with Crippen LogP contribution in [0.2, 0.25) is 0 Å². The molecule has 2 fully saturated rings. The first-order valence-electron chi connectivity index (χ1n) is 10.0. The van der Waals surface area contributed by atoms with Gasteiger partial charge in [0, 0.05) is 44.6 Å². The summed E-state index contributed by atoms with van der Waals surface area (Å²) in [5.41, 5.74) is 1.29. The van der Waals surface area contributed by atoms with Crippen molar-refractivity contribution < 1.29 is 4.79 Å². The van der Waals surface area contributed by atoms with Crippen molar-refractivity contribution >= 4 is 5.91 Å². The fourth-order valence-electron chi connectivity index (χ4n) is 4.20. The van der Waals surface area contributed by atoms with E-state index in [4.69, 9.17) is 0 Å². The van der Waals surface area contributed by atoms with E-state index in [0.717, 1.165) is 58.7 Å². The molecule has 0 aliphatic carbocycles. The predicted molar refractivity (Wildman–Crippen MR) is 104 cm³/mol. The highest BCUT2D eigenvalue weighted by Gasteiger charge is 2.31. The first-order chi connectivity index (χ1) is 12.8. The fourth-order valence-corrected chi connectivity index (χ4v) is 4.20. The van der Waals surface area contributed by atoms with Crippen molar-refractivity contribution in [3.05, 3.63) is 30.1 Å². The largest absolute Gasteiger partial charge is 0.355 e. The molecule has 2 saturated heterocycles. The number of piperidine rings is 2. The van der Waals surface area contributed by atoms with E-state index in [1.807, 2.05) is 25.5 Å². The first kappa shape index (κ1) is 19.3. The van der Waals surface area contributed by atoms with Crippen LogP contribution in [0.5, 0.6) is 0 Å². The highest BCUT2D eigenvalue weighted by molar-refractivity contribution is 5.78. The number of likely N-dealkylation sites (tertiary alicyclic amines) is 2. The van der Waals surface area contributed by atoms with Crippen molar-refractivity contribution in [1.29, 1.82) is 0 Å². The third kappa shape index (κ3) is 5.50. The van der Waals surface area contributed by atoms with Crippen LogP contribution >= 0.6 is 0 Å². The molecule has 144 valence electrons. The summed E-state index contributed by atoms with van der Waals surface area (Å²) >= 11 is 0. The normalized spacial score (nSPS) is 23.0. The van der Waals surface area contributed by atoms with E-state index in [-0.39, 0.29) is 11.8 Å². The summed E-state index contributed by atoms with van der Waals surface area (Å²) < 4.78 is 0. The number of rotatable bonds is 7. The Morgan fingerprint density at radius 3 is 2.81 bits per heavy atom. The Balaban J connectivity index is 1.43. The van der Waals surface area contributed by atoms with Crippen LogP contribution < -0.4 is 10.6 Å². The van der Waals surface area contributed by atoms with E-state index in [0.29, 0.717) is 6.04 Å². The minimum absolute atomic E-state index is 0.161. The van der Waals surface area contributed by atoms with E-state index in [1.165, 1.54) is 18.4 Å². The number of nitrogens with one attached hydrogen (secondary N) is 2. The van der Waals surface area contributed by atoms with E-state index < -0.39 is 0 Å². The fraction of sp³-hybridized carbons (Fsp3) is 0.700. The van der Waals surface area contributed by atoms with Crippen LogP contribution in [0.1, 0.15) is 31.2 Å². The number of aromatic nitrogens is 1. The molecular formula is C20H33N5O. The van der Waals surface area contributed by atoms with Crippen LogP contribution in [-0.2, 0) is 11.3 Å². The molecule has 1 aromatic heterocycles. The summed E-state index contributed by atoms with van der Waals surface area (Å²) in [5, 5.41) is 6.14. The van der Waals surface area contributed by atoms with Gasteiger partial charge >= 0.3 is 0 Å². The lowest BCUT2D eigenvalue weighted by Crippen LogP contribution is -2.51. The zero-order chi connectivity index (χ0) is 18.2. The number of hydrogen-bond donors (Lipinski definition) is 2. The molecule has 6 heteroatoms. The second kappa shape index (κ2) is 10.00. The molecule has 0 bridgehead atoms. The smallest absolute Gasteiger partial charge is 0.224 e. The van der Waals surface area contributed by atoms with Gasteiger partial charge in [-0.3, -0.25) is 19.6 Å². The van der Waals surface area contributed by atoms with Crippen molar-refractivity contribution in [2.45, 2.75) is 38.3 Å². The Hall–Kier alpha value is -1.50. The number of pyridine rings is 1. The van der Waals surface area contributed by atoms with Gasteiger partial charge in [0.25, 0.3) is 0 Å². The monoisotopic (exact) mass is 359 g/mol. The van der Waals surface area contributed by atoms with Crippen molar-refractivity contribution in [2.24, 2.45) is 5.92 Å². The van der Waals surface area contributed by atoms with E-state index >= 15 is 0 Å². The minimum Gasteiger partial charge on any atom is -0.355 e. The van der Waals surface area contributed by atoms with Gasteiger partial charge in [-0.25, -0.2) is 0 Å². The Morgan fingerprint density at radius 2 is 2.08 bits per heavy atom. The Morgan fingerprint density at radius 1 is 1.23 bits per heavy atom. The van der Waals surface area contributed by atoms with Gasteiger partial charge in [-0.2, -0.15) is 0 Å². The summed E-state index contributed by atoms with van der Waals surface area (Å²) in [6, 6.07) is 4.80. The highest BCUT2D eigenvalue weighted by Crippen LogP contribution is 2.24. The molecule has 1 aromatic rings. The number of nitrogens with zero attached hydrogens (tertiary/aromatic N) is 3. The maximum atomic E-state index is 12.4. The van der Waals surface area contributed by atoms with E-state index in [1.54, 1.807) is 0 Å². The SMILES string of the molecule is CNCCNC(=O)C1CCCN(C2CCN(Cc3cccnc3)CC2)C1. The van der Waals surface area contributed by atoms with E-state index in [2.05, 4.69) is 31.5 Å². The van der Waals surface area contributed by atoms with Gasteiger partial charge < -0.3 is 10.6 Å². The average Bonchev–Trinajstić information content (AvgIpc) is 2.69. The zero-order valence-corrected chi connectivity index (χ0v) is 16.0. The van der Waals surface area contributed by atoms with Gasteiger partial charge in [-0.05, 0) is 64.0 Å². The molecule has 0 saturated carbocycles. The zero-order valence-electron chi connectivity index (χ0n) is 16.0. The maximum Gasteiger partial charge on any atom is 0.224 e. The molecule has 2 aliphatic rings. The molecule has 0 radical (unpaired) electrons. The van der Waals surface area contributed by atoms with Crippen molar-refractivity contribution in [3.63, 3.8) is 0 Å². The van der Waals surface area contributed by atoms with Crippen LogP contribution in [-0.4, -0.2) is 73.0 Å². The molecule has 2 aliphatic heterocycles. The van der Waals surface area contributed by atoms with Gasteiger partial charge in [0.2, 0.25) is 5.91 Å². The summed E-state index contributed by atoms with van der Waals surface area (Å²) in [6.07, 6.45) is 8.37. The molecule has 3 heterocycles. The topological polar surface area (TPSA) is 60.5 Å². The Labute approximate surface area is 157 Å². The maximum absolute atomic E-state index is 12.4. The van der Waals surface area contributed by atoms with Crippen LogP contribution in [0.3, 0.4) is 0 Å². The highest BCUT2D eigenvalue weighted by atomic mass is 16.1. The van der Waals surface area contributed by atoms with Gasteiger partial charge in [-0.1, -0.05) is 6.07 Å². The quantitative estimate of drug-likeness (QED) is 0.714. The molecule has 0 spiro atoms. The Bertz CT molecular complexity index is 544. The molecule has 1 unspecified atom stereocenters. The average molecular weight is 360 g/mol. The van der Waals surface area contributed by atoms with Gasteiger partial charge in [0.15, 0.2) is 0 Å². The second-order valence-electron chi connectivity index (χ2n) is 7.60. The van der Waals surface area contributed by atoms with Crippen LogP contribution in [0.25, 0.3) is 0 Å². The number of likely N-dealkylation sites (N-methyl/N-ethyl adjacent to an activating group) is 1.